The first-order valence-electron chi connectivity index (χ1n) is 10.7. The minimum absolute atomic E-state index is 0.0245. The third-order valence-electron chi connectivity index (χ3n) is 5.79. The summed E-state index contributed by atoms with van der Waals surface area (Å²) in [6, 6.07) is 8.04. The fourth-order valence-corrected chi connectivity index (χ4v) is 3.98. The Morgan fingerprint density at radius 1 is 1.28 bits per heavy atom. The van der Waals surface area contributed by atoms with Crippen LogP contribution >= 0.6 is 0 Å². The van der Waals surface area contributed by atoms with Gasteiger partial charge < -0.3 is 19.9 Å². The first kappa shape index (κ1) is 21.8. The van der Waals surface area contributed by atoms with Gasteiger partial charge in [-0.15, -0.1) is 0 Å². The average Bonchev–Trinajstić information content (AvgIpc) is 3.35. The lowest BCUT2D eigenvalue weighted by Crippen LogP contribution is -2.38. The fraction of sp³-hybridized carbons (Fsp3) is 0.417. The molecule has 1 atom stereocenters. The fourth-order valence-electron chi connectivity index (χ4n) is 3.98. The number of benzene rings is 1. The Morgan fingerprint density at radius 2 is 2.06 bits per heavy atom. The summed E-state index contributed by atoms with van der Waals surface area (Å²) < 4.78 is 5.57. The van der Waals surface area contributed by atoms with Crippen molar-refractivity contribution in [3.63, 3.8) is 0 Å². The molecule has 8 nitrogen and oxygen atoms in total. The molecule has 168 valence electrons. The number of nitrogens with zero attached hydrogens (tertiary/aromatic N) is 3. The van der Waals surface area contributed by atoms with Crippen LogP contribution in [-0.4, -0.2) is 52.6 Å². The second kappa shape index (κ2) is 7.93. The van der Waals surface area contributed by atoms with E-state index in [1.54, 1.807) is 19.4 Å². The second-order valence-corrected chi connectivity index (χ2v) is 9.55. The molecule has 1 unspecified atom stereocenters. The SMILES string of the molecule is CNC(=O)OC1(C)CCN(c2cccc(-c3cnc4[nH]cc(C(=O)C(C)(C)C)c4n3)c2)C1. The summed E-state index contributed by atoms with van der Waals surface area (Å²) in [5, 5.41) is 2.51. The molecule has 1 aliphatic heterocycles. The number of rotatable bonds is 4. The molecule has 1 aromatic carbocycles. The Hall–Kier alpha value is -3.42. The lowest BCUT2D eigenvalue weighted by atomic mass is 9.87. The summed E-state index contributed by atoms with van der Waals surface area (Å²) in [5.74, 6) is 0.0245. The van der Waals surface area contributed by atoms with Crippen LogP contribution in [-0.2, 0) is 4.74 Å². The number of nitrogens with one attached hydrogen (secondary N) is 2. The molecule has 0 spiro atoms. The molecule has 2 aromatic heterocycles. The lowest BCUT2D eigenvalue weighted by molar-refractivity contribution is 0.0426. The summed E-state index contributed by atoms with van der Waals surface area (Å²) in [6.07, 6.45) is 3.74. The molecular formula is C24H29N5O3. The Morgan fingerprint density at radius 3 is 2.78 bits per heavy atom. The van der Waals surface area contributed by atoms with Crippen molar-refractivity contribution in [3.8, 4) is 11.3 Å². The molecule has 0 radical (unpaired) electrons. The van der Waals surface area contributed by atoms with Crippen LogP contribution in [0.5, 0.6) is 0 Å². The van der Waals surface area contributed by atoms with E-state index in [-0.39, 0.29) is 5.78 Å². The molecule has 2 N–H and O–H groups in total. The minimum Gasteiger partial charge on any atom is -0.441 e. The quantitative estimate of drug-likeness (QED) is 0.597. The third-order valence-corrected chi connectivity index (χ3v) is 5.79. The number of aromatic nitrogens is 3. The normalized spacial score (nSPS) is 18.7. The molecule has 4 rings (SSSR count). The van der Waals surface area contributed by atoms with E-state index in [1.165, 1.54) is 0 Å². The van der Waals surface area contributed by atoms with Crippen molar-refractivity contribution in [2.45, 2.75) is 39.7 Å². The van der Waals surface area contributed by atoms with E-state index in [2.05, 4.69) is 26.3 Å². The van der Waals surface area contributed by atoms with Crippen molar-refractivity contribution in [1.29, 1.82) is 0 Å². The van der Waals surface area contributed by atoms with E-state index in [0.717, 1.165) is 24.2 Å². The number of fused-ring (bicyclic) bond motifs is 1. The molecular weight excluding hydrogens is 406 g/mol. The van der Waals surface area contributed by atoms with Crippen molar-refractivity contribution >= 4 is 28.7 Å². The smallest absolute Gasteiger partial charge is 0.407 e. The van der Waals surface area contributed by atoms with Gasteiger partial charge in [0.25, 0.3) is 0 Å². The number of H-pyrrole nitrogens is 1. The molecule has 0 aliphatic carbocycles. The van der Waals surface area contributed by atoms with E-state index < -0.39 is 17.1 Å². The van der Waals surface area contributed by atoms with Crippen molar-refractivity contribution in [2.75, 3.05) is 25.0 Å². The first-order valence-corrected chi connectivity index (χ1v) is 10.7. The summed E-state index contributed by atoms with van der Waals surface area (Å²) in [4.78, 5) is 39.0. The van der Waals surface area contributed by atoms with Crippen LogP contribution in [0.4, 0.5) is 10.5 Å². The molecule has 3 heterocycles. The van der Waals surface area contributed by atoms with E-state index in [1.807, 2.05) is 45.9 Å². The number of hydrogen-bond acceptors (Lipinski definition) is 6. The molecule has 1 aliphatic rings. The Balaban J connectivity index is 1.63. The standard InChI is InChI=1S/C24H29N5O3/c1-23(2,3)20(30)17-12-26-21-19(17)28-18(13-27-21)15-7-6-8-16(11-15)29-10-9-24(4,14-29)32-22(31)25-5/h6-8,11-13H,9-10,14H2,1-5H3,(H,25,31)(H,26,27). The highest BCUT2D eigenvalue weighted by atomic mass is 16.6. The van der Waals surface area contributed by atoms with Gasteiger partial charge in [0.05, 0.1) is 24.0 Å². The Kier molecular flexibility index (Phi) is 5.40. The van der Waals surface area contributed by atoms with Gasteiger partial charge in [0.2, 0.25) is 0 Å². The van der Waals surface area contributed by atoms with Crippen LogP contribution in [0.3, 0.4) is 0 Å². The van der Waals surface area contributed by atoms with Crippen molar-refractivity contribution in [3.05, 3.63) is 42.2 Å². The predicted octanol–water partition coefficient (Wildman–Crippen LogP) is 4.18. The van der Waals surface area contributed by atoms with Gasteiger partial charge in [-0.1, -0.05) is 32.9 Å². The number of ketones is 1. The Bertz CT molecular complexity index is 1180. The highest BCUT2D eigenvalue weighted by molar-refractivity contribution is 6.08. The van der Waals surface area contributed by atoms with E-state index in [9.17, 15) is 9.59 Å². The van der Waals surface area contributed by atoms with Gasteiger partial charge >= 0.3 is 6.09 Å². The van der Waals surface area contributed by atoms with Crippen molar-refractivity contribution in [2.24, 2.45) is 5.41 Å². The maximum absolute atomic E-state index is 12.8. The molecule has 32 heavy (non-hydrogen) atoms. The zero-order valence-corrected chi connectivity index (χ0v) is 19.2. The number of aromatic amines is 1. The number of hydrogen-bond donors (Lipinski definition) is 2. The highest BCUT2D eigenvalue weighted by Crippen LogP contribution is 2.32. The number of amides is 1. The highest BCUT2D eigenvalue weighted by Gasteiger charge is 2.37. The molecule has 0 saturated carbocycles. The molecule has 3 aromatic rings. The van der Waals surface area contributed by atoms with E-state index in [0.29, 0.717) is 29.0 Å². The largest absolute Gasteiger partial charge is 0.441 e. The number of alkyl carbamates (subject to hydrolysis) is 1. The van der Waals surface area contributed by atoms with E-state index in [4.69, 9.17) is 9.72 Å². The molecule has 1 amide bonds. The monoisotopic (exact) mass is 435 g/mol. The van der Waals surface area contributed by atoms with Gasteiger partial charge in [-0.2, -0.15) is 0 Å². The first-order chi connectivity index (χ1) is 15.1. The molecule has 1 fully saturated rings. The maximum atomic E-state index is 12.8. The molecule has 0 bridgehead atoms. The number of Topliss-reactive ketones (excluding diaryl/α,β-unsaturated/α-hetero) is 1. The minimum atomic E-state index is -0.540. The molecule has 8 heteroatoms. The van der Waals surface area contributed by atoms with Gasteiger partial charge in [0, 0.05) is 42.9 Å². The van der Waals surface area contributed by atoms with Crippen molar-refractivity contribution < 1.29 is 14.3 Å². The van der Waals surface area contributed by atoms with Crippen LogP contribution in [0.2, 0.25) is 0 Å². The van der Waals surface area contributed by atoms with Crippen LogP contribution in [0.25, 0.3) is 22.4 Å². The zero-order valence-electron chi connectivity index (χ0n) is 19.2. The summed E-state index contributed by atoms with van der Waals surface area (Å²) in [5.41, 5.74) is 3.32. The summed E-state index contributed by atoms with van der Waals surface area (Å²) >= 11 is 0. The number of ether oxygens (including phenoxy) is 1. The van der Waals surface area contributed by atoms with Crippen molar-refractivity contribution in [1.82, 2.24) is 20.3 Å². The topological polar surface area (TPSA) is 100 Å². The zero-order chi connectivity index (χ0) is 23.1. The number of carbonyl (C=O) groups excluding carboxylic acids is 2. The number of anilines is 1. The summed E-state index contributed by atoms with van der Waals surface area (Å²) in [6.45, 7) is 9.03. The lowest BCUT2D eigenvalue weighted by Gasteiger charge is -2.25. The average molecular weight is 436 g/mol. The van der Waals surface area contributed by atoms with Crippen LogP contribution in [0, 0.1) is 5.41 Å². The summed E-state index contributed by atoms with van der Waals surface area (Å²) in [7, 11) is 1.56. The van der Waals surface area contributed by atoms with Gasteiger partial charge in [-0.3, -0.25) is 4.79 Å². The maximum Gasteiger partial charge on any atom is 0.407 e. The van der Waals surface area contributed by atoms with Gasteiger partial charge in [0.15, 0.2) is 11.4 Å². The second-order valence-electron chi connectivity index (χ2n) is 9.55. The van der Waals surface area contributed by atoms with Crippen LogP contribution in [0.15, 0.2) is 36.7 Å². The third kappa shape index (κ3) is 4.17. The number of carbonyl (C=O) groups is 2. The Labute approximate surface area is 187 Å². The van der Waals surface area contributed by atoms with Gasteiger partial charge in [-0.25, -0.2) is 14.8 Å². The van der Waals surface area contributed by atoms with Crippen LogP contribution in [0.1, 0.15) is 44.5 Å². The van der Waals surface area contributed by atoms with E-state index >= 15 is 0 Å². The predicted molar refractivity (Wildman–Crippen MR) is 124 cm³/mol. The van der Waals surface area contributed by atoms with Gasteiger partial charge in [0.1, 0.15) is 11.1 Å². The van der Waals surface area contributed by atoms with Crippen LogP contribution < -0.4 is 10.2 Å². The van der Waals surface area contributed by atoms with Gasteiger partial charge in [-0.05, 0) is 19.1 Å². The molecule has 1 saturated heterocycles.